The van der Waals surface area contributed by atoms with Gasteiger partial charge in [0.2, 0.25) is 11.7 Å². The number of alkyl halides is 2. The molecule has 0 aliphatic heterocycles. The van der Waals surface area contributed by atoms with Crippen molar-refractivity contribution in [3.05, 3.63) is 17.5 Å². The highest BCUT2D eigenvalue weighted by Gasteiger charge is 2.27. The van der Waals surface area contributed by atoms with Crippen LogP contribution >= 0.6 is 0 Å². The van der Waals surface area contributed by atoms with Gasteiger partial charge < -0.3 is 9.84 Å². The molecule has 6 heteroatoms. The molecule has 1 heterocycles. The molecule has 1 aromatic heterocycles. The number of aromatic nitrogens is 1. The van der Waals surface area contributed by atoms with Gasteiger partial charge in [0, 0.05) is 13.0 Å². The Labute approximate surface area is 85.6 Å². The molecule has 4 nitrogen and oxygen atoms in total. The average Bonchev–Trinajstić information content (AvgIpc) is 2.48. The van der Waals surface area contributed by atoms with Gasteiger partial charge in [0.1, 0.15) is 5.69 Å². The molecule has 0 saturated heterocycles. The van der Waals surface area contributed by atoms with E-state index in [1.54, 1.807) is 13.8 Å². The van der Waals surface area contributed by atoms with Gasteiger partial charge in [-0.2, -0.15) is 0 Å². The Balaban J connectivity index is 2.89. The minimum atomic E-state index is -2.70. The number of amides is 1. The van der Waals surface area contributed by atoms with E-state index in [0.29, 0.717) is 0 Å². The molecular formula is C9H12F2N2O2. The summed E-state index contributed by atoms with van der Waals surface area (Å²) in [6.45, 7) is 4.65. The van der Waals surface area contributed by atoms with E-state index in [1.807, 2.05) is 0 Å². The van der Waals surface area contributed by atoms with E-state index in [1.165, 1.54) is 6.92 Å². The highest BCUT2D eigenvalue weighted by atomic mass is 19.3. The molecule has 1 aromatic rings. The van der Waals surface area contributed by atoms with E-state index in [0.717, 1.165) is 6.07 Å². The highest BCUT2D eigenvalue weighted by molar-refractivity contribution is 5.73. The first-order valence-corrected chi connectivity index (χ1v) is 4.37. The van der Waals surface area contributed by atoms with Crippen molar-refractivity contribution in [3.8, 4) is 0 Å². The molecule has 0 atom stereocenters. The van der Waals surface area contributed by atoms with Crippen LogP contribution in [0.25, 0.3) is 0 Å². The van der Waals surface area contributed by atoms with Gasteiger partial charge in [-0.1, -0.05) is 5.16 Å². The number of halogens is 2. The number of hydrogen-bond acceptors (Lipinski definition) is 3. The maximum atomic E-state index is 12.2. The third-order valence-electron chi connectivity index (χ3n) is 1.87. The van der Waals surface area contributed by atoms with Crippen molar-refractivity contribution >= 4 is 5.91 Å². The van der Waals surface area contributed by atoms with E-state index < -0.39 is 17.7 Å². The van der Waals surface area contributed by atoms with Crippen molar-refractivity contribution in [2.45, 2.75) is 32.7 Å². The number of carbonyl (C=O) groups excluding carboxylic acids is 1. The monoisotopic (exact) mass is 218 g/mol. The van der Waals surface area contributed by atoms with E-state index in [2.05, 4.69) is 15.0 Å². The third kappa shape index (κ3) is 2.74. The number of rotatable bonds is 3. The zero-order valence-electron chi connectivity index (χ0n) is 8.67. The molecule has 1 N–H and O–H groups in total. The Hall–Kier alpha value is -1.46. The Morgan fingerprint density at radius 2 is 2.20 bits per heavy atom. The molecule has 1 rings (SSSR count). The Bertz CT molecular complexity index is 361. The molecule has 15 heavy (non-hydrogen) atoms. The summed E-state index contributed by atoms with van der Waals surface area (Å²) < 4.78 is 28.9. The van der Waals surface area contributed by atoms with Crippen LogP contribution < -0.4 is 5.32 Å². The van der Waals surface area contributed by atoms with E-state index in [4.69, 9.17) is 0 Å². The first kappa shape index (κ1) is 11.6. The van der Waals surface area contributed by atoms with E-state index in [9.17, 15) is 13.6 Å². The molecule has 0 aromatic carbocycles. The average molecular weight is 218 g/mol. The molecule has 0 bridgehead atoms. The van der Waals surface area contributed by atoms with Gasteiger partial charge in [-0.05, 0) is 13.8 Å². The summed E-state index contributed by atoms with van der Waals surface area (Å²) in [5.41, 5.74) is -0.546. The first-order chi connectivity index (χ1) is 6.83. The van der Waals surface area contributed by atoms with Crippen molar-refractivity contribution in [2.75, 3.05) is 0 Å². The molecule has 0 saturated carbocycles. The fourth-order valence-corrected chi connectivity index (χ4v) is 1.19. The number of nitrogens with zero attached hydrogens (tertiary/aromatic N) is 1. The van der Waals surface area contributed by atoms with Crippen LogP contribution in [-0.4, -0.2) is 11.1 Å². The van der Waals surface area contributed by atoms with Crippen molar-refractivity contribution in [2.24, 2.45) is 0 Å². The predicted octanol–water partition coefficient (Wildman–Crippen LogP) is 1.98. The fraction of sp³-hybridized carbons (Fsp3) is 0.556. The van der Waals surface area contributed by atoms with Crippen molar-refractivity contribution in [1.29, 1.82) is 0 Å². The van der Waals surface area contributed by atoms with Crippen LogP contribution in [0, 0.1) is 0 Å². The maximum absolute atomic E-state index is 12.2. The van der Waals surface area contributed by atoms with Crippen LogP contribution in [0.3, 0.4) is 0 Å². The molecular weight excluding hydrogens is 206 g/mol. The SMILES string of the molecule is CC(=O)NC(C)(C)c1cc(C(F)F)on1. The Kier molecular flexibility index (Phi) is 3.06. The quantitative estimate of drug-likeness (QED) is 0.843. The minimum absolute atomic E-state index is 0.262. The van der Waals surface area contributed by atoms with Crippen molar-refractivity contribution in [3.63, 3.8) is 0 Å². The lowest BCUT2D eigenvalue weighted by Gasteiger charge is -2.22. The topological polar surface area (TPSA) is 55.1 Å². The Morgan fingerprint density at radius 3 is 2.60 bits per heavy atom. The molecule has 84 valence electrons. The molecule has 0 unspecified atom stereocenters. The number of hydrogen-bond donors (Lipinski definition) is 1. The van der Waals surface area contributed by atoms with Gasteiger partial charge in [-0.25, -0.2) is 8.78 Å². The predicted molar refractivity (Wildman–Crippen MR) is 48.3 cm³/mol. The molecule has 0 fully saturated rings. The zero-order valence-corrected chi connectivity index (χ0v) is 8.67. The molecule has 1 amide bonds. The lowest BCUT2D eigenvalue weighted by atomic mass is 10.0. The largest absolute Gasteiger partial charge is 0.355 e. The summed E-state index contributed by atoms with van der Waals surface area (Å²) in [4.78, 5) is 10.9. The van der Waals surface area contributed by atoms with Crippen molar-refractivity contribution in [1.82, 2.24) is 10.5 Å². The lowest BCUT2D eigenvalue weighted by Crippen LogP contribution is -2.39. The molecule has 0 aliphatic rings. The number of nitrogens with one attached hydrogen (secondary N) is 1. The standard InChI is InChI=1S/C9H12F2N2O2/c1-5(14)12-9(2,3)7-4-6(8(10)11)15-13-7/h4,8H,1-3H3,(H,12,14). The molecule has 0 aliphatic carbocycles. The summed E-state index contributed by atoms with van der Waals surface area (Å²) in [5.74, 6) is -0.759. The van der Waals surface area contributed by atoms with Crippen LogP contribution in [0.2, 0.25) is 0 Å². The van der Waals surface area contributed by atoms with Gasteiger partial charge in [0.05, 0.1) is 5.54 Å². The van der Waals surface area contributed by atoms with Gasteiger partial charge in [0.25, 0.3) is 6.43 Å². The van der Waals surface area contributed by atoms with Crippen LogP contribution in [0.15, 0.2) is 10.6 Å². The fourth-order valence-electron chi connectivity index (χ4n) is 1.19. The maximum Gasteiger partial charge on any atom is 0.298 e. The van der Waals surface area contributed by atoms with Gasteiger partial charge in [-0.3, -0.25) is 4.79 Å². The summed E-state index contributed by atoms with van der Waals surface area (Å²) in [6, 6.07) is 1.14. The second-order valence-electron chi connectivity index (χ2n) is 3.72. The summed E-state index contributed by atoms with van der Waals surface area (Å²) >= 11 is 0. The van der Waals surface area contributed by atoms with Crippen LogP contribution in [-0.2, 0) is 10.3 Å². The van der Waals surface area contributed by atoms with Crippen LogP contribution in [0.1, 0.15) is 38.7 Å². The first-order valence-electron chi connectivity index (χ1n) is 4.37. The van der Waals surface area contributed by atoms with Gasteiger partial charge in [0.15, 0.2) is 0 Å². The summed E-state index contributed by atoms with van der Waals surface area (Å²) in [5, 5.41) is 6.07. The van der Waals surface area contributed by atoms with Crippen molar-refractivity contribution < 1.29 is 18.1 Å². The third-order valence-corrected chi connectivity index (χ3v) is 1.87. The second kappa shape index (κ2) is 3.96. The van der Waals surface area contributed by atoms with E-state index >= 15 is 0 Å². The second-order valence-corrected chi connectivity index (χ2v) is 3.72. The minimum Gasteiger partial charge on any atom is -0.355 e. The Morgan fingerprint density at radius 1 is 1.60 bits per heavy atom. The summed E-state index contributed by atoms with van der Waals surface area (Å²) in [7, 11) is 0. The van der Waals surface area contributed by atoms with Gasteiger partial charge in [-0.15, -0.1) is 0 Å². The lowest BCUT2D eigenvalue weighted by molar-refractivity contribution is -0.120. The molecule has 0 radical (unpaired) electrons. The molecule has 0 spiro atoms. The van der Waals surface area contributed by atoms with Crippen LogP contribution in [0.4, 0.5) is 8.78 Å². The number of carbonyl (C=O) groups is 1. The zero-order chi connectivity index (χ0) is 11.6. The smallest absolute Gasteiger partial charge is 0.298 e. The normalized spacial score (nSPS) is 11.9. The van der Waals surface area contributed by atoms with Gasteiger partial charge >= 0.3 is 0 Å². The highest BCUT2D eigenvalue weighted by Crippen LogP contribution is 2.25. The van der Waals surface area contributed by atoms with Crippen LogP contribution in [0.5, 0.6) is 0 Å². The van der Waals surface area contributed by atoms with E-state index in [-0.39, 0.29) is 11.6 Å². The summed E-state index contributed by atoms with van der Waals surface area (Å²) in [6.07, 6.45) is -2.70.